The van der Waals surface area contributed by atoms with E-state index in [-0.39, 0.29) is 30.3 Å². The fourth-order valence-electron chi connectivity index (χ4n) is 17.5. The molecule has 10 aliphatic rings. The van der Waals surface area contributed by atoms with Crippen molar-refractivity contribution in [2.45, 2.75) is 60.9 Å². The number of hydrogen-bond donors (Lipinski definition) is 31. The van der Waals surface area contributed by atoms with Gasteiger partial charge in [-0.2, -0.15) is 0 Å². The molecule has 0 amide bonds. The van der Waals surface area contributed by atoms with Crippen molar-refractivity contribution in [2.75, 3.05) is 13.2 Å². The third kappa shape index (κ3) is 11.3. The second kappa shape index (κ2) is 28.4. The van der Waals surface area contributed by atoms with Gasteiger partial charge >= 0.3 is 59.7 Å². The number of fused-ring (bicyclic) bond motifs is 14. The van der Waals surface area contributed by atoms with Crippen molar-refractivity contribution in [3.63, 3.8) is 0 Å². The first kappa shape index (κ1) is 84.7. The van der Waals surface area contributed by atoms with Gasteiger partial charge in [0.05, 0.1) is 61.6 Å². The number of aromatic hydroxyl groups is 30. The Balaban J connectivity index is 0.956. The van der Waals surface area contributed by atoms with Crippen LogP contribution in [0, 0.1) is 0 Å². The van der Waals surface area contributed by atoms with Crippen LogP contribution in [0.25, 0.3) is 66.8 Å². The normalized spacial score (nSPS) is 20.8. The summed E-state index contributed by atoms with van der Waals surface area (Å²) in [4.78, 5) is 159. The number of cyclic esters (lactones) is 2. The summed E-state index contributed by atoms with van der Waals surface area (Å²) in [5.74, 6) is -84.2. The first-order chi connectivity index (χ1) is 62.6. The molecule has 31 N–H and O–H groups in total. The van der Waals surface area contributed by atoms with Gasteiger partial charge in [0.2, 0.25) is 57.5 Å². The van der Waals surface area contributed by atoms with Gasteiger partial charge in [0.15, 0.2) is 164 Å². The van der Waals surface area contributed by atoms with Crippen LogP contribution in [-0.2, 0) is 47.4 Å². The largest absolute Gasteiger partial charge is 0.504 e. The highest BCUT2D eigenvalue weighted by atomic mass is 16.7. The Bertz CT molecular complexity index is 7280. The zero-order valence-corrected chi connectivity index (χ0v) is 64.6. The van der Waals surface area contributed by atoms with Gasteiger partial charge in [0.1, 0.15) is 19.3 Å². The van der Waals surface area contributed by atoms with Crippen molar-refractivity contribution in [1.29, 1.82) is 0 Å². The van der Waals surface area contributed by atoms with E-state index >= 15 is 38.4 Å². The van der Waals surface area contributed by atoms with E-state index in [4.69, 9.17) is 47.4 Å². The fourth-order valence-corrected chi connectivity index (χ4v) is 17.5. The molecule has 0 aliphatic carbocycles. The molecule has 0 saturated carbocycles. The average molecular weight is 1850 g/mol. The van der Waals surface area contributed by atoms with Crippen LogP contribution in [0.15, 0.2) is 30.3 Å². The maximum Gasteiger partial charge on any atom is 0.340 e. The summed E-state index contributed by atoms with van der Waals surface area (Å²) >= 11 is 0. The van der Waals surface area contributed by atoms with E-state index in [1.54, 1.807) is 0 Å². The molecule has 0 spiro atoms. The highest BCUT2D eigenvalue weighted by Crippen LogP contribution is 2.68. The summed E-state index contributed by atoms with van der Waals surface area (Å²) in [7, 11) is 0. The van der Waals surface area contributed by atoms with Gasteiger partial charge in [0.25, 0.3) is 0 Å². The molecule has 684 valence electrons. The molecule has 10 atom stereocenters. The van der Waals surface area contributed by atoms with Gasteiger partial charge in [-0.25, -0.2) is 47.9 Å². The average Bonchev–Trinajstić information content (AvgIpc) is 1.35. The lowest BCUT2D eigenvalue weighted by Crippen LogP contribution is -2.56. The fraction of sp³-hybridized carbons (Fsp3) is 0.146. The second-order valence-electron chi connectivity index (χ2n) is 30.3. The van der Waals surface area contributed by atoms with E-state index < -0.39 is 445 Å². The molecule has 51 nitrogen and oxygen atoms in total. The molecule has 10 aliphatic heterocycles. The molecular weight excluding hydrogens is 1800 g/mol. The predicted octanol–water partition coefficient (Wildman–Crippen LogP) is 3.05. The zero-order chi connectivity index (χ0) is 96.3. The molecule has 0 fully saturated rings. The Kier molecular flexibility index (Phi) is 18.1. The van der Waals surface area contributed by atoms with Crippen molar-refractivity contribution >= 4 is 59.7 Å². The van der Waals surface area contributed by atoms with Crippen LogP contribution in [-0.4, -0.2) is 280 Å². The quantitative estimate of drug-likeness (QED) is 0.0638. The molecule has 10 aromatic rings. The summed E-state index contributed by atoms with van der Waals surface area (Å²) in [6, 6.07) is 0.454. The summed E-state index contributed by atoms with van der Waals surface area (Å²) in [5.41, 5.74) is -42.6. The third-order valence-electron chi connectivity index (χ3n) is 23.4. The number of phenols is 30. The number of aliphatic hydroxyl groups is 1. The molecule has 10 heterocycles. The van der Waals surface area contributed by atoms with Crippen LogP contribution < -0.4 is 0 Å². The topological polar surface area (TPSA) is 890 Å². The molecular formula is C82H50O51. The summed E-state index contributed by atoms with van der Waals surface area (Å²) < 4.78 is 58.6. The van der Waals surface area contributed by atoms with Gasteiger partial charge in [-0.05, 0) is 30.3 Å². The van der Waals surface area contributed by atoms with Crippen molar-refractivity contribution in [3.05, 3.63) is 103 Å². The van der Waals surface area contributed by atoms with Crippen LogP contribution in [0.1, 0.15) is 132 Å². The predicted molar refractivity (Wildman–Crippen MR) is 409 cm³/mol. The van der Waals surface area contributed by atoms with E-state index in [2.05, 4.69) is 0 Å². The molecule has 0 aromatic heterocycles. The minimum Gasteiger partial charge on any atom is -0.504 e. The highest BCUT2D eigenvalue weighted by molar-refractivity contribution is 6.20. The number of esters is 10. The number of carbonyl (C=O) groups is 10. The monoisotopic (exact) mass is 1850 g/mol. The van der Waals surface area contributed by atoms with Crippen molar-refractivity contribution < 1.29 is 254 Å². The molecule has 51 heteroatoms. The molecule has 12 bridgehead atoms. The third-order valence-corrected chi connectivity index (χ3v) is 23.4. The molecule has 20 rings (SSSR count). The minimum atomic E-state index is -3.66. The van der Waals surface area contributed by atoms with Gasteiger partial charge in [-0.1, -0.05) is 0 Å². The molecule has 0 saturated heterocycles. The Hall–Kier alpha value is -19.1. The number of rotatable bonds is 1. The molecule has 10 aromatic carbocycles. The molecule has 1 unspecified atom stereocenters. The highest BCUT2D eigenvalue weighted by Gasteiger charge is 2.61. The number of hydrogen-bond acceptors (Lipinski definition) is 51. The number of benzene rings is 10. The first-order valence-corrected chi connectivity index (χ1v) is 37.2. The van der Waals surface area contributed by atoms with Crippen LogP contribution in [0.2, 0.25) is 0 Å². The minimum absolute atomic E-state index is 0.0437. The van der Waals surface area contributed by atoms with Gasteiger partial charge < -0.3 is 206 Å². The van der Waals surface area contributed by atoms with Crippen molar-refractivity contribution in [1.82, 2.24) is 0 Å². The van der Waals surface area contributed by atoms with Crippen LogP contribution in [0.4, 0.5) is 0 Å². The Morgan fingerprint density at radius 3 is 0.729 bits per heavy atom. The smallest absolute Gasteiger partial charge is 0.340 e. The molecule has 133 heavy (non-hydrogen) atoms. The van der Waals surface area contributed by atoms with Gasteiger partial charge in [-0.15, -0.1) is 0 Å². The Morgan fingerprint density at radius 2 is 0.391 bits per heavy atom. The lowest BCUT2D eigenvalue weighted by atomic mass is 9.72. The first-order valence-electron chi connectivity index (χ1n) is 37.2. The van der Waals surface area contributed by atoms with Crippen molar-refractivity contribution in [2.24, 2.45) is 0 Å². The Labute approximate surface area is 726 Å². The van der Waals surface area contributed by atoms with E-state index in [0.717, 1.165) is 0 Å². The van der Waals surface area contributed by atoms with E-state index in [9.17, 15) is 168 Å². The van der Waals surface area contributed by atoms with Crippen molar-refractivity contribution in [3.8, 4) is 239 Å². The van der Waals surface area contributed by atoms with Gasteiger partial charge in [0, 0.05) is 83.5 Å². The maximum atomic E-state index is 16.8. The van der Waals surface area contributed by atoms with E-state index in [1.165, 1.54) is 0 Å². The summed E-state index contributed by atoms with van der Waals surface area (Å²) in [5, 5.41) is 369. The summed E-state index contributed by atoms with van der Waals surface area (Å²) in [6.07, 6.45) is -30.1. The zero-order valence-electron chi connectivity index (χ0n) is 64.6. The van der Waals surface area contributed by atoms with Crippen LogP contribution in [0.5, 0.6) is 172 Å². The second-order valence-corrected chi connectivity index (χ2v) is 30.3. The number of phenolic OH excluding ortho intramolecular Hbond substituents is 30. The molecule has 0 radical (unpaired) electrons. The lowest BCUT2D eigenvalue weighted by Gasteiger charge is -2.43. The number of aliphatic hydroxyl groups excluding tert-OH is 1. The number of ether oxygens (including phenoxy) is 10. The Morgan fingerprint density at radius 1 is 0.180 bits per heavy atom. The van der Waals surface area contributed by atoms with E-state index in [1.807, 2.05) is 0 Å². The SMILES string of the molecule is O=C1OC[C@@H]2OC(=O)c3cc(O)c(O)c(O)c3-c3c(O)c(O)c(O)c4c3C(=O)O[C@H]([C@@H]3OC(=O)c5c-4c(O)c(O)c(O)c5[C@@H]3c3c(O)c(O)c(O)c4c3C(=O)OC[C@@H]3OC(=O)c5cc(O)c(O)c(O)c5-c5c(O)c(O)c(O)c6c5C(=O)O[C@H](C3OC(=O)c3cc(O)c(O)c(O)c3-4)[C@H]3OC(=O)c4c-6c(O)c(O)c(O)c4[C@H]3O)[C@@H]2OC(=O)c2cc(O)c(O)c(O)c2-c2c1cc(O)c(O)c2O. The maximum absolute atomic E-state index is 16.8. The lowest BCUT2D eigenvalue weighted by molar-refractivity contribution is -0.154. The van der Waals surface area contributed by atoms with E-state index in [0.29, 0.717) is 0 Å². The van der Waals surface area contributed by atoms with Crippen LogP contribution in [0.3, 0.4) is 0 Å². The van der Waals surface area contributed by atoms with Gasteiger partial charge in [-0.3, -0.25) is 0 Å². The number of carbonyl (C=O) groups excluding carboxylic acids is 10. The van der Waals surface area contributed by atoms with Crippen LogP contribution >= 0.6 is 0 Å². The standard InChI is InChI=1S/C82H50O51/c83-13-1-8-20(46(93)41(13)88)21-9(2-14(84)42(89)47(21)94)76(117)128-67-18(6-124-73(8)114)126-74(115)10-3-15(85)43(90)48(95)22(10)26-36-28(54(101)62(109)52(26)99)29-38-33(59(106)65(112)55(29)102)34(69(130-79(38)120)71(67)132-80(36)121)32-35-25(51(98)64(111)58(32)105)24-12(5-17(87)45(92)50(24)97)77(118)129-68-19(7-125-78(35)119)127-75(116)11-4-16(86)44(91)49(96)23(11)27-37-30(56(103)63(110)53(27)100)31-39-40(60(107)66(113)57(31)104)61(108)70(131-82(39)123)72(68)133-81(37)122/h1-5,18-19,34,61,67-72,83-113H,6-7H2/t18-,19-,34-,61+,67+,68?,69+,70-,71-,72+/m0/s1. The summed E-state index contributed by atoms with van der Waals surface area (Å²) in [6.45, 7) is -4.22.